The summed E-state index contributed by atoms with van der Waals surface area (Å²) in [5.74, 6) is -0.692. The average molecular weight is 235 g/mol. The number of carbonyl (C=O) groups is 1. The molecule has 1 aliphatic rings. The second-order valence-corrected chi connectivity index (χ2v) is 4.40. The van der Waals surface area contributed by atoms with Gasteiger partial charge in [-0.3, -0.25) is 0 Å². The van der Waals surface area contributed by atoms with E-state index in [1.54, 1.807) is 0 Å². The van der Waals surface area contributed by atoms with E-state index < -0.39 is 5.97 Å². The van der Waals surface area contributed by atoms with Gasteiger partial charge >= 0.3 is 5.97 Å². The molecule has 0 spiro atoms. The molecule has 1 N–H and O–H groups in total. The zero-order chi connectivity index (χ0) is 12.4. The number of nitrogens with zero attached hydrogens (tertiary/aromatic N) is 1. The molecule has 0 saturated carbocycles. The molecule has 17 heavy (non-hydrogen) atoms. The Labute approximate surface area is 101 Å². The molecule has 1 aromatic heterocycles. The Balaban J connectivity index is 2.66. The first kappa shape index (κ1) is 11.9. The van der Waals surface area contributed by atoms with Gasteiger partial charge in [-0.05, 0) is 43.7 Å². The number of hydrogen-bond acceptors (Lipinski definition) is 3. The van der Waals surface area contributed by atoms with E-state index in [9.17, 15) is 9.90 Å². The lowest BCUT2D eigenvalue weighted by Gasteiger charge is -2.15. The van der Waals surface area contributed by atoms with Gasteiger partial charge in [0.2, 0.25) is 5.88 Å². The molecular weight excluding hydrogens is 218 g/mol. The van der Waals surface area contributed by atoms with Crippen LogP contribution in [0.4, 0.5) is 0 Å². The fourth-order valence-corrected chi connectivity index (χ4v) is 2.53. The number of carboxylic acids is 1. The molecule has 2 rings (SSSR count). The third-order valence-corrected chi connectivity index (χ3v) is 3.35. The van der Waals surface area contributed by atoms with Crippen LogP contribution in [0.2, 0.25) is 0 Å². The first-order chi connectivity index (χ1) is 8.15. The van der Waals surface area contributed by atoms with Crippen LogP contribution in [0.1, 0.15) is 46.4 Å². The van der Waals surface area contributed by atoms with Crippen molar-refractivity contribution >= 4 is 5.97 Å². The Hall–Kier alpha value is -1.58. The number of methoxy groups -OCH3 is 1. The number of ether oxygens (including phenoxy) is 1. The van der Waals surface area contributed by atoms with Crippen LogP contribution in [0.5, 0.6) is 5.88 Å². The summed E-state index contributed by atoms with van der Waals surface area (Å²) in [5, 5.41) is 9.32. The minimum atomic E-state index is -0.937. The Bertz CT molecular complexity index is 454. The number of aromatic carboxylic acids is 1. The molecule has 1 aliphatic carbocycles. The molecule has 0 atom stereocenters. The molecule has 0 saturated heterocycles. The predicted molar refractivity (Wildman–Crippen MR) is 63.7 cm³/mol. The van der Waals surface area contributed by atoms with Crippen molar-refractivity contribution < 1.29 is 14.6 Å². The van der Waals surface area contributed by atoms with Crippen molar-refractivity contribution in [1.29, 1.82) is 0 Å². The summed E-state index contributed by atoms with van der Waals surface area (Å²) < 4.78 is 5.10. The SMILES string of the molecule is COc1nc(C)c2c(c1C(=O)O)CCCCC2. The molecule has 92 valence electrons. The molecule has 0 radical (unpaired) electrons. The van der Waals surface area contributed by atoms with Crippen molar-refractivity contribution in [3.8, 4) is 5.88 Å². The summed E-state index contributed by atoms with van der Waals surface area (Å²) in [4.78, 5) is 15.6. The fourth-order valence-electron chi connectivity index (χ4n) is 2.53. The number of hydrogen-bond donors (Lipinski definition) is 1. The first-order valence-corrected chi connectivity index (χ1v) is 5.94. The van der Waals surface area contributed by atoms with Gasteiger partial charge in [0.05, 0.1) is 7.11 Å². The van der Waals surface area contributed by atoms with E-state index in [0.29, 0.717) is 0 Å². The minimum Gasteiger partial charge on any atom is -0.480 e. The summed E-state index contributed by atoms with van der Waals surface area (Å²) in [5.41, 5.74) is 3.21. The number of carboxylic acid groups (broad SMARTS) is 1. The smallest absolute Gasteiger partial charge is 0.341 e. The van der Waals surface area contributed by atoms with Gasteiger partial charge in [-0.1, -0.05) is 6.42 Å². The van der Waals surface area contributed by atoms with Gasteiger partial charge < -0.3 is 9.84 Å². The van der Waals surface area contributed by atoms with Crippen LogP contribution in [-0.4, -0.2) is 23.2 Å². The van der Waals surface area contributed by atoms with Gasteiger partial charge in [0.25, 0.3) is 0 Å². The molecule has 1 heterocycles. The highest BCUT2D eigenvalue weighted by molar-refractivity contribution is 5.92. The van der Waals surface area contributed by atoms with Gasteiger partial charge in [0.1, 0.15) is 5.56 Å². The topological polar surface area (TPSA) is 59.4 Å². The highest BCUT2D eigenvalue weighted by Crippen LogP contribution is 2.30. The third-order valence-electron chi connectivity index (χ3n) is 3.35. The molecule has 0 bridgehead atoms. The molecular formula is C13H17NO3. The lowest BCUT2D eigenvalue weighted by atomic mass is 9.97. The lowest BCUT2D eigenvalue weighted by molar-refractivity contribution is 0.0691. The number of fused-ring (bicyclic) bond motifs is 1. The van der Waals surface area contributed by atoms with Crippen LogP contribution in [0, 0.1) is 6.92 Å². The van der Waals surface area contributed by atoms with Crippen molar-refractivity contribution in [3.05, 3.63) is 22.4 Å². The van der Waals surface area contributed by atoms with E-state index in [2.05, 4.69) is 4.98 Å². The third kappa shape index (κ3) is 2.12. The Morgan fingerprint density at radius 1 is 1.24 bits per heavy atom. The second-order valence-electron chi connectivity index (χ2n) is 4.40. The number of aryl methyl sites for hydroxylation is 1. The van der Waals surface area contributed by atoms with E-state index in [0.717, 1.165) is 48.9 Å². The highest BCUT2D eigenvalue weighted by atomic mass is 16.5. The maximum absolute atomic E-state index is 11.4. The Morgan fingerprint density at radius 3 is 2.47 bits per heavy atom. The highest BCUT2D eigenvalue weighted by Gasteiger charge is 2.24. The van der Waals surface area contributed by atoms with Crippen LogP contribution in [0.3, 0.4) is 0 Å². The standard InChI is InChI=1S/C13H17NO3/c1-8-9-6-4-3-5-7-10(9)11(13(15)16)12(14-8)17-2/h3-7H2,1-2H3,(H,15,16). The van der Waals surface area contributed by atoms with Crippen molar-refractivity contribution in [2.75, 3.05) is 7.11 Å². The number of pyridine rings is 1. The normalized spacial score (nSPS) is 14.9. The van der Waals surface area contributed by atoms with Gasteiger partial charge in [0, 0.05) is 5.69 Å². The van der Waals surface area contributed by atoms with Crippen molar-refractivity contribution in [1.82, 2.24) is 4.98 Å². The monoisotopic (exact) mass is 235 g/mol. The van der Waals surface area contributed by atoms with Crippen molar-refractivity contribution in [2.45, 2.75) is 39.0 Å². The maximum Gasteiger partial charge on any atom is 0.341 e. The van der Waals surface area contributed by atoms with Crippen molar-refractivity contribution in [3.63, 3.8) is 0 Å². The molecule has 0 aromatic carbocycles. The van der Waals surface area contributed by atoms with E-state index in [1.165, 1.54) is 7.11 Å². The van der Waals surface area contributed by atoms with Gasteiger partial charge in [-0.2, -0.15) is 0 Å². The molecule has 0 unspecified atom stereocenters. The molecule has 0 amide bonds. The number of rotatable bonds is 2. The summed E-state index contributed by atoms with van der Waals surface area (Å²) in [6, 6.07) is 0. The summed E-state index contributed by atoms with van der Waals surface area (Å²) >= 11 is 0. The summed E-state index contributed by atoms with van der Waals surface area (Å²) in [7, 11) is 1.47. The molecule has 1 aromatic rings. The summed E-state index contributed by atoms with van der Waals surface area (Å²) in [6.07, 6.45) is 5.05. The van der Waals surface area contributed by atoms with Crippen LogP contribution < -0.4 is 4.74 Å². The first-order valence-electron chi connectivity index (χ1n) is 5.94. The predicted octanol–water partition coefficient (Wildman–Crippen LogP) is 2.37. The van der Waals surface area contributed by atoms with Crippen LogP contribution >= 0.6 is 0 Å². The minimum absolute atomic E-state index is 0.246. The molecule has 0 aliphatic heterocycles. The van der Waals surface area contributed by atoms with Crippen LogP contribution in [0.15, 0.2) is 0 Å². The maximum atomic E-state index is 11.4. The quantitative estimate of drug-likeness (QED) is 0.799. The zero-order valence-electron chi connectivity index (χ0n) is 10.2. The van der Waals surface area contributed by atoms with E-state index in [1.807, 2.05) is 6.92 Å². The fraction of sp³-hybridized carbons (Fsp3) is 0.538. The molecule has 4 heteroatoms. The zero-order valence-corrected chi connectivity index (χ0v) is 10.2. The van der Waals surface area contributed by atoms with Gasteiger partial charge in [-0.15, -0.1) is 0 Å². The van der Waals surface area contributed by atoms with Gasteiger partial charge in [-0.25, -0.2) is 9.78 Å². The van der Waals surface area contributed by atoms with E-state index >= 15 is 0 Å². The van der Waals surface area contributed by atoms with Crippen molar-refractivity contribution in [2.24, 2.45) is 0 Å². The van der Waals surface area contributed by atoms with E-state index in [-0.39, 0.29) is 11.4 Å². The lowest BCUT2D eigenvalue weighted by Crippen LogP contribution is -2.11. The Morgan fingerprint density at radius 2 is 1.88 bits per heavy atom. The summed E-state index contributed by atoms with van der Waals surface area (Å²) in [6.45, 7) is 1.93. The van der Waals surface area contributed by atoms with Crippen LogP contribution in [-0.2, 0) is 12.8 Å². The molecule has 4 nitrogen and oxygen atoms in total. The second kappa shape index (κ2) is 4.73. The van der Waals surface area contributed by atoms with Gasteiger partial charge in [0.15, 0.2) is 0 Å². The van der Waals surface area contributed by atoms with Crippen LogP contribution in [0.25, 0.3) is 0 Å². The Kier molecular flexibility index (Phi) is 3.31. The largest absolute Gasteiger partial charge is 0.480 e. The van der Waals surface area contributed by atoms with E-state index in [4.69, 9.17) is 4.74 Å². The average Bonchev–Trinajstić information content (AvgIpc) is 2.53. The number of aromatic nitrogens is 1. The molecule has 0 fully saturated rings.